The molecular weight excluding hydrogens is 436 g/mol. The summed E-state index contributed by atoms with van der Waals surface area (Å²) in [6.07, 6.45) is -2.24. The second-order valence-corrected chi connectivity index (χ2v) is 7.65. The number of hydrogen-bond acceptors (Lipinski definition) is 2. The molecule has 1 aromatic heterocycles. The van der Waals surface area contributed by atoms with Gasteiger partial charge in [-0.2, -0.15) is 13.2 Å². The summed E-state index contributed by atoms with van der Waals surface area (Å²) >= 11 is 0. The Morgan fingerprint density at radius 2 is 1.52 bits per heavy atom. The van der Waals surface area contributed by atoms with E-state index in [-0.39, 0.29) is 5.69 Å². The molecule has 1 aliphatic heterocycles. The van der Waals surface area contributed by atoms with Crippen LogP contribution in [0.15, 0.2) is 89.6 Å². The summed E-state index contributed by atoms with van der Waals surface area (Å²) in [4.78, 5) is 5.95. The van der Waals surface area contributed by atoms with E-state index in [1.165, 1.54) is 18.2 Å². The van der Waals surface area contributed by atoms with Crippen molar-refractivity contribution in [2.45, 2.75) is 6.18 Å². The lowest BCUT2D eigenvalue weighted by Crippen LogP contribution is -2.22. The molecule has 0 spiro atoms. The lowest BCUT2D eigenvalue weighted by Gasteiger charge is -2.17. The first-order valence-corrected chi connectivity index (χ1v) is 10.1. The Labute approximate surface area is 188 Å². The maximum absolute atomic E-state index is 14.2. The number of aliphatic imine (C=N–C) groups is 1. The van der Waals surface area contributed by atoms with Crippen molar-refractivity contribution in [3.63, 3.8) is 0 Å². The van der Waals surface area contributed by atoms with Crippen LogP contribution in [0.2, 0.25) is 0 Å². The van der Waals surface area contributed by atoms with Crippen LogP contribution in [0.25, 0.3) is 16.8 Å². The molecular formula is C24H19BF5N3. The molecule has 0 atom stereocenters. The van der Waals surface area contributed by atoms with Crippen LogP contribution in [0.5, 0.6) is 0 Å². The van der Waals surface area contributed by atoms with Gasteiger partial charge in [0.2, 0.25) is 0 Å². The lowest BCUT2D eigenvalue weighted by molar-refractivity contribution is -0.0696. The van der Waals surface area contributed by atoms with E-state index in [2.05, 4.69) is 4.99 Å². The SMILES string of the molecule is CN(C)c1ccc(-c2ccc(/C(=C3/C=CC(c4ccccc4)=N3)C(F)(F)F)n2B(F)F)cc1. The van der Waals surface area contributed by atoms with Crippen LogP contribution in [-0.2, 0) is 0 Å². The van der Waals surface area contributed by atoms with E-state index in [4.69, 9.17) is 0 Å². The van der Waals surface area contributed by atoms with E-state index in [1.807, 2.05) is 19.0 Å². The fourth-order valence-electron chi connectivity index (χ4n) is 3.72. The van der Waals surface area contributed by atoms with Crippen LogP contribution in [0.4, 0.5) is 27.5 Å². The Morgan fingerprint density at radius 3 is 2.09 bits per heavy atom. The minimum Gasteiger partial charge on any atom is -0.378 e. The number of anilines is 1. The zero-order valence-corrected chi connectivity index (χ0v) is 17.8. The third-order valence-electron chi connectivity index (χ3n) is 5.30. The molecule has 33 heavy (non-hydrogen) atoms. The van der Waals surface area contributed by atoms with E-state index in [0.29, 0.717) is 21.3 Å². The molecule has 0 bridgehead atoms. The summed E-state index contributed by atoms with van der Waals surface area (Å²) in [6.45, 7) is 0. The molecule has 1 aliphatic rings. The fraction of sp³-hybridized carbons (Fsp3) is 0.125. The predicted octanol–water partition coefficient (Wildman–Crippen LogP) is 6.33. The molecule has 9 heteroatoms. The number of halogens is 5. The van der Waals surface area contributed by atoms with Crippen LogP contribution in [0.1, 0.15) is 11.3 Å². The Hall–Kier alpha value is -3.62. The molecule has 0 amide bonds. The van der Waals surface area contributed by atoms with E-state index in [9.17, 15) is 21.8 Å². The molecule has 0 N–H and O–H groups in total. The van der Waals surface area contributed by atoms with Crippen molar-refractivity contribution in [2.24, 2.45) is 4.99 Å². The van der Waals surface area contributed by atoms with Gasteiger partial charge in [0.05, 0.1) is 11.4 Å². The zero-order valence-electron chi connectivity index (χ0n) is 17.8. The van der Waals surface area contributed by atoms with Crippen molar-refractivity contribution < 1.29 is 21.8 Å². The largest absolute Gasteiger partial charge is 0.678 e. The van der Waals surface area contributed by atoms with Crippen molar-refractivity contribution in [1.29, 1.82) is 0 Å². The van der Waals surface area contributed by atoms with Crippen molar-refractivity contribution in [2.75, 3.05) is 19.0 Å². The van der Waals surface area contributed by atoms with Gasteiger partial charge in [0, 0.05) is 36.7 Å². The van der Waals surface area contributed by atoms with E-state index < -0.39 is 30.5 Å². The molecule has 0 fully saturated rings. The second kappa shape index (κ2) is 8.73. The van der Waals surface area contributed by atoms with Gasteiger partial charge in [0.1, 0.15) is 5.57 Å². The average molecular weight is 455 g/mol. The predicted molar refractivity (Wildman–Crippen MR) is 123 cm³/mol. The van der Waals surface area contributed by atoms with Gasteiger partial charge in [-0.05, 0) is 42.0 Å². The van der Waals surface area contributed by atoms with Gasteiger partial charge in [0.15, 0.2) is 0 Å². The highest BCUT2D eigenvalue weighted by Gasteiger charge is 2.41. The highest BCUT2D eigenvalue weighted by atomic mass is 19.4. The molecule has 0 radical (unpaired) electrons. The van der Waals surface area contributed by atoms with Crippen molar-refractivity contribution in [1.82, 2.24) is 4.48 Å². The highest BCUT2D eigenvalue weighted by molar-refractivity contribution is 6.42. The average Bonchev–Trinajstić information content (AvgIpc) is 3.42. The molecule has 3 aromatic rings. The summed E-state index contributed by atoms with van der Waals surface area (Å²) in [5.41, 5.74) is -0.0702. The molecule has 2 heterocycles. The van der Waals surface area contributed by atoms with Crippen LogP contribution in [0, 0.1) is 0 Å². The van der Waals surface area contributed by atoms with Crippen molar-refractivity contribution >= 4 is 24.4 Å². The summed E-state index contributed by atoms with van der Waals surface area (Å²) in [7, 11) is 0.478. The summed E-state index contributed by atoms with van der Waals surface area (Å²) in [5, 5.41) is 0. The molecule has 0 saturated carbocycles. The Balaban J connectivity index is 1.86. The third-order valence-corrected chi connectivity index (χ3v) is 5.30. The summed E-state index contributed by atoms with van der Waals surface area (Å²) in [5.74, 6) is 0. The van der Waals surface area contributed by atoms with Gasteiger partial charge >= 0.3 is 13.6 Å². The van der Waals surface area contributed by atoms with Crippen LogP contribution < -0.4 is 4.90 Å². The molecule has 0 aliphatic carbocycles. The topological polar surface area (TPSA) is 20.5 Å². The first-order chi connectivity index (χ1) is 15.7. The maximum atomic E-state index is 14.2. The Bertz CT molecular complexity index is 1240. The van der Waals surface area contributed by atoms with Gasteiger partial charge in [-0.15, -0.1) is 0 Å². The molecule has 3 nitrogen and oxygen atoms in total. The molecule has 0 unspecified atom stereocenters. The summed E-state index contributed by atoms with van der Waals surface area (Å²) < 4.78 is 71.1. The Morgan fingerprint density at radius 1 is 0.848 bits per heavy atom. The Kier molecular flexibility index (Phi) is 5.97. The van der Waals surface area contributed by atoms with Gasteiger partial charge in [-0.25, -0.2) is 4.99 Å². The third kappa shape index (κ3) is 4.48. The lowest BCUT2D eigenvalue weighted by atomic mass is 10.1. The van der Waals surface area contributed by atoms with E-state index in [0.717, 1.165) is 11.8 Å². The van der Waals surface area contributed by atoms with E-state index in [1.54, 1.807) is 54.6 Å². The number of aromatic nitrogens is 1. The van der Waals surface area contributed by atoms with E-state index >= 15 is 0 Å². The van der Waals surface area contributed by atoms with Crippen LogP contribution in [-0.4, -0.2) is 37.9 Å². The number of benzene rings is 2. The molecule has 0 saturated heterocycles. The number of hydrogen-bond donors (Lipinski definition) is 0. The van der Waals surface area contributed by atoms with Gasteiger partial charge in [-0.3, -0.25) is 8.63 Å². The fourth-order valence-corrected chi connectivity index (χ4v) is 3.72. The first-order valence-electron chi connectivity index (χ1n) is 10.1. The maximum Gasteiger partial charge on any atom is 0.678 e. The quantitative estimate of drug-likeness (QED) is 0.326. The molecule has 168 valence electrons. The number of allylic oxidation sites excluding steroid dienone is 3. The smallest absolute Gasteiger partial charge is 0.378 e. The minimum atomic E-state index is -4.90. The normalized spacial score (nSPS) is 14.9. The first kappa shape index (κ1) is 22.6. The second-order valence-electron chi connectivity index (χ2n) is 7.65. The summed E-state index contributed by atoms with van der Waals surface area (Å²) in [6, 6.07) is 17.7. The van der Waals surface area contributed by atoms with Crippen molar-refractivity contribution in [3.05, 3.63) is 95.8 Å². The number of alkyl halides is 3. The zero-order chi connectivity index (χ0) is 23.8. The van der Waals surface area contributed by atoms with Crippen LogP contribution >= 0.6 is 0 Å². The molecule has 4 rings (SSSR count). The van der Waals surface area contributed by atoms with Crippen LogP contribution in [0.3, 0.4) is 0 Å². The highest BCUT2D eigenvalue weighted by Crippen LogP contribution is 2.41. The molecule has 2 aromatic carbocycles. The number of rotatable bonds is 5. The minimum absolute atomic E-state index is 0.0121. The van der Waals surface area contributed by atoms with Gasteiger partial charge < -0.3 is 9.38 Å². The standard InChI is InChI=1S/C24H19BF5N3/c1-32(2)18-10-8-17(9-11-18)21-14-15-22(33(21)25(29)30)23(24(26,27)28)20-13-12-19(31-20)16-6-4-3-5-7-16/h3-15H,1-2H3/b23-20+. The number of nitrogens with zero attached hydrogens (tertiary/aromatic N) is 3. The monoisotopic (exact) mass is 455 g/mol. The van der Waals surface area contributed by atoms with Gasteiger partial charge in [-0.1, -0.05) is 42.5 Å². The van der Waals surface area contributed by atoms with Crippen molar-refractivity contribution in [3.8, 4) is 11.3 Å². The van der Waals surface area contributed by atoms with Gasteiger partial charge in [0.25, 0.3) is 0 Å².